The molecule has 0 N–H and O–H groups in total. The molecule has 1 fully saturated rings. The van der Waals surface area contributed by atoms with E-state index in [4.69, 9.17) is 19.0 Å². The Balaban J connectivity index is 1.61. The van der Waals surface area contributed by atoms with Crippen LogP contribution in [-0.2, 0) is 36.0 Å². The van der Waals surface area contributed by atoms with Crippen molar-refractivity contribution < 1.29 is 33.4 Å². The average molecular weight is 518 g/mol. The molecule has 0 unspecified atom stereocenters. The first-order chi connectivity index (χ1) is 18.4. The SMILES string of the molecule is CCOC(c1ccc(CCC(=O)ON2C(=O)CCC2=O)cc1)(c1ccc(OC)cc1)c1ccc(OC)cc1. The number of hydrogen-bond acceptors (Lipinski definition) is 7. The van der Waals surface area contributed by atoms with E-state index in [2.05, 4.69) is 0 Å². The maximum absolute atomic E-state index is 12.2. The lowest BCUT2D eigenvalue weighted by molar-refractivity contribution is -0.197. The molecule has 0 atom stereocenters. The van der Waals surface area contributed by atoms with Gasteiger partial charge in [0.15, 0.2) is 0 Å². The summed E-state index contributed by atoms with van der Waals surface area (Å²) in [7, 11) is 3.26. The van der Waals surface area contributed by atoms with E-state index in [9.17, 15) is 14.4 Å². The minimum absolute atomic E-state index is 0.0317. The molecule has 1 heterocycles. The molecule has 3 aromatic rings. The van der Waals surface area contributed by atoms with Crippen molar-refractivity contribution >= 4 is 17.8 Å². The molecule has 0 aromatic heterocycles. The van der Waals surface area contributed by atoms with Gasteiger partial charge in [0.05, 0.1) is 20.6 Å². The van der Waals surface area contributed by atoms with Gasteiger partial charge in [0, 0.05) is 19.4 Å². The second-order valence-electron chi connectivity index (χ2n) is 8.81. The first-order valence-corrected chi connectivity index (χ1v) is 12.5. The summed E-state index contributed by atoms with van der Waals surface area (Å²) >= 11 is 0. The highest BCUT2D eigenvalue weighted by Crippen LogP contribution is 2.41. The molecule has 4 rings (SSSR count). The number of aryl methyl sites for hydroxylation is 1. The predicted molar refractivity (Wildman–Crippen MR) is 139 cm³/mol. The van der Waals surface area contributed by atoms with E-state index in [0.29, 0.717) is 18.1 Å². The number of hydrogen-bond donors (Lipinski definition) is 0. The first-order valence-electron chi connectivity index (χ1n) is 12.5. The van der Waals surface area contributed by atoms with Gasteiger partial charge in [-0.1, -0.05) is 48.5 Å². The minimum Gasteiger partial charge on any atom is -0.497 e. The van der Waals surface area contributed by atoms with Crippen LogP contribution in [0.4, 0.5) is 0 Å². The van der Waals surface area contributed by atoms with Crippen LogP contribution in [0.1, 0.15) is 48.4 Å². The molecular weight excluding hydrogens is 486 g/mol. The summed E-state index contributed by atoms with van der Waals surface area (Å²) in [5.74, 6) is -0.117. The average Bonchev–Trinajstić information content (AvgIpc) is 3.27. The van der Waals surface area contributed by atoms with Gasteiger partial charge in [0.1, 0.15) is 17.1 Å². The third-order valence-corrected chi connectivity index (χ3v) is 6.53. The van der Waals surface area contributed by atoms with Crippen LogP contribution in [0.3, 0.4) is 0 Å². The maximum atomic E-state index is 12.2. The summed E-state index contributed by atoms with van der Waals surface area (Å²) in [6.07, 6.45) is 0.557. The molecule has 8 heteroatoms. The van der Waals surface area contributed by atoms with Gasteiger partial charge in [0.2, 0.25) is 0 Å². The van der Waals surface area contributed by atoms with E-state index in [1.54, 1.807) is 14.2 Å². The molecule has 1 saturated heterocycles. The summed E-state index contributed by atoms with van der Waals surface area (Å²) in [4.78, 5) is 40.6. The predicted octanol–water partition coefficient (Wildman–Crippen LogP) is 4.57. The van der Waals surface area contributed by atoms with Gasteiger partial charge in [-0.3, -0.25) is 9.59 Å². The van der Waals surface area contributed by atoms with E-state index in [0.717, 1.165) is 33.8 Å². The number of ether oxygens (including phenoxy) is 3. The zero-order valence-corrected chi connectivity index (χ0v) is 21.8. The largest absolute Gasteiger partial charge is 0.497 e. The number of benzene rings is 3. The number of imide groups is 1. The Bertz CT molecular complexity index is 1200. The smallest absolute Gasteiger partial charge is 0.333 e. The van der Waals surface area contributed by atoms with E-state index in [-0.39, 0.29) is 19.3 Å². The van der Waals surface area contributed by atoms with Crippen molar-refractivity contribution in [2.75, 3.05) is 20.8 Å². The Morgan fingerprint density at radius 3 is 1.63 bits per heavy atom. The third kappa shape index (κ3) is 5.55. The van der Waals surface area contributed by atoms with Crippen LogP contribution in [0.25, 0.3) is 0 Å². The van der Waals surface area contributed by atoms with Crippen molar-refractivity contribution in [1.29, 1.82) is 0 Å². The molecular formula is C30H31NO7. The van der Waals surface area contributed by atoms with Crippen LogP contribution < -0.4 is 9.47 Å². The van der Waals surface area contributed by atoms with E-state index >= 15 is 0 Å². The molecule has 0 spiro atoms. The highest BCUT2D eigenvalue weighted by molar-refractivity contribution is 6.01. The third-order valence-electron chi connectivity index (χ3n) is 6.53. The van der Waals surface area contributed by atoms with Crippen LogP contribution in [0, 0.1) is 0 Å². The van der Waals surface area contributed by atoms with Crippen molar-refractivity contribution in [3.05, 3.63) is 95.1 Å². The van der Waals surface area contributed by atoms with Crippen molar-refractivity contribution in [2.45, 2.75) is 38.2 Å². The second-order valence-corrected chi connectivity index (χ2v) is 8.81. The Kier molecular flexibility index (Phi) is 8.43. The summed E-state index contributed by atoms with van der Waals surface area (Å²) < 4.78 is 17.3. The molecule has 2 amide bonds. The van der Waals surface area contributed by atoms with Crippen molar-refractivity contribution in [3.63, 3.8) is 0 Å². The zero-order chi connectivity index (χ0) is 27.1. The Labute approximate surface area is 222 Å². The second kappa shape index (κ2) is 11.9. The quantitative estimate of drug-likeness (QED) is 0.272. The molecule has 0 aliphatic carbocycles. The summed E-state index contributed by atoms with van der Waals surface area (Å²) in [6.45, 7) is 2.41. The van der Waals surface area contributed by atoms with Gasteiger partial charge in [-0.2, -0.15) is 0 Å². The van der Waals surface area contributed by atoms with Gasteiger partial charge in [-0.15, -0.1) is 5.06 Å². The monoisotopic (exact) mass is 517 g/mol. The maximum Gasteiger partial charge on any atom is 0.333 e. The normalized spacial score (nSPS) is 13.5. The Hall–Kier alpha value is -4.17. The highest BCUT2D eigenvalue weighted by atomic mass is 16.7. The number of amides is 2. The number of carbonyl (C=O) groups is 3. The number of methoxy groups -OCH3 is 2. The topological polar surface area (TPSA) is 91.4 Å². The molecule has 1 aliphatic rings. The van der Waals surface area contributed by atoms with Crippen molar-refractivity contribution in [1.82, 2.24) is 5.06 Å². The van der Waals surface area contributed by atoms with Gasteiger partial charge in [0.25, 0.3) is 11.8 Å². The number of hydroxylamine groups is 2. The molecule has 38 heavy (non-hydrogen) atoms. The number of carbonyl (C=O) groups excluding carboxylic acids is 3. The van der Waals surface area contributed by atoms with Crippen LogP contribution in [0.2, 0.25) is 0 Å². The Morgan fingerprint density at radius 1 is 0.763 bits per heavy atom. The molecule has 0 radical (unpaired) electrons. The van der Waals surface area contributed by atoms with E-state index in [1.807, 2.05) is 79.7 Å². The number of nitrogens with zero attached hydrogens (tertiary/aromatic N) is 1. The molecule has 0 bridgehead atoms. The van der Waals surface area contributed by atoms with Gasteiger partial charge in [-0.05, 0) is 59.9 Å². The van der Waals surface area contributed by atoms with Crippen LogP contribution in [-0.4, -0.2) is 43.7 Å². The lowest BCUT2D eigenvalue weighted by Gasteiger charge is -2.36. The molecule has 198 valence electrons. The van der Waals surface area contributed by atoms with Gasteiger partial charge in [-0.25, -0.2) is 4.79 Å². The zero-order valence-electron chi connectivity index (χ0n) is 21.8. The lowest BCUT2D eigenvalue weighted by atomic mass is 9.79. The fraction of sp³-hybridized carbons (Fsp3) is 0.300. The van der Waals surface area contributed by atoms with E-state index in [1.165, 1.54) is 0 Å². The molecule has 3 aromatic carbocycles. The summed E-state index contributed by atoms with van der Waals surface area (Å²) in [6, 6.07) is 23.4. The fourth-order valence-corrected chi connectivity index (χ4v) is 4.58. The number of rotatable bonds is 11. The summed E-state index contributed by atoms with van der Waals surface area (Å²) in [5, 5.41) is 0.575. The highest BCUT2D eigenvalue weighted by Gasteiger charge is 2.37. The summed E-state index contributed by atoms with van der Waals surface area (Å²) in [5.41, 5.74) is 2.78. The standard InChI is InChI=1S/C30H31NO7/c1-4-37-30(23-10-14-25(35-2)15-11-23,24-12-16-26(36-3)17-13-24)22-8-5-21(6-9-22)7-20-29(34)38-31-27(32)18-19-28(31)33/h5-6,8-17H,4,7,18-20H2,1-3H3. The molecule has 0 saturated carbocycles. The van der Waals surface area contributed by atoms with Gasteiger partial charge >= 0.3 is 5.97 Å². The molecule has 1 aliphatic heterocycles. The van der Waals surface area contributed by atoms with Crippen LogP contribution >= 0.6 is 0 Å². The lowest BCUT2D eigenvalue weighted by Crippen LogP contribution is -2.33. The van der Waals surface area contributed by atoms with Crippen LogP contribution in [0.15, 0.2) is 72.8 Å². The van der Waals surface area contributed by atoms with E-state index < -0.39 is 23.4 Å². The van der Waals surface area contributed by atoms with Gasteiger partial charge < -0.3 is 19.0 Å². The molecule has 8 nitrogen and oxygen atoms in total. The van der Waals surface area contributed by atoms with Crippen molar-refractivity contribution in [2.24, 2.45) is 0 Å². The Morgan fingerprint density at radius 2 is 1.21 bits per heavy atom. The first kappa shape index (κ1) is 26.9. The fourth-order valence-electron chi connectivity index (χ4n) is 4.58. The van der Waals surface area contributed by atoms with Crippen LogP contribution in [0.5, 0.6) is 11.5 Å². The van der Waals surface area contributed by atoms with Crippen molar-refractivity contribution in [3.8, 4) is 11.5 Å². The minimum atomic E-state index is -0.902.